The van der Waals surface area contributed by atoms with Gasteiger partial charge in [0.2, 0.25) is 10.0 Å². The molecule has 6 nitrogen and oxygen atoms in total. The minimum Gasteiger partial charge on any atom is -0.367 e. The molecule has 1 rings (SSSR count). The Bertz CT molecular complexity index is 533. The number of nitrogens with one attached hydrogen (secondary N) is 2. The lowest BCUT2D eigenvalue weighted by Crippen LogP contribution is -2.34. The van der Waals surface area contributed by atoms with Crippen molar-refractivity contribution in [2.75, 3.05) is 18.9 Å². The molecule has 0 aliphatic rings. The van der Waals surface area contributed by atoms with Gasteiger partial charge >= 0.3 is 6.18 Å². The largest absolute Gasteiger partial charge is 0.434 e. The van der Waals surface area contributed by atoms with Crippen LogP contribution in [0.4, 0.5) is 19.0 Å². The number of sulfonamides is 1. The van der Waals surface area contributed by atoms with E-state index in [1.807, 2.05) is 0 Å². The Morgan fingerprint density at radius 3 is 2.53 bits per heavy atom. The number of rotatable bonds is 5. The molecule has 2 N–H and O–H groups in total. The molecular formula is C9H13F3N4O2S. The van der Waals surface area contributed by atoms with E-state index >= 15 is 0 Å². The molecule has 10 heteroatoms. The third kappa shape index (κ3) is 4.31. The van der Waals surface area contributed by atoms with Crippen LogP contribution in [0.5, 0.6) is 0 Å². The third-order valence-electron chi connectivity index (χ3n) is 2.31. The first-order chi connectivity index (χ1) is 8.66. The van der Waals surface area contributed by atoms with Gasteiger partial charge in [-0.25, -0.2) is 18.1 Å². The van der Waals surface area contributed by atoms with Crippen molar-refractivity contribution >= 4 is 15.8 Å². The Hall–Kier alpha value is -1.42. The Balaban J connectivity index is 2.74. The minimum absolute atomic E-state index is 0.0842. The number of nitrogens with zero attached hydrogens (tertiary/aromatic N) is 2. The summed E-state index contributed by atoms with van der Waals surface area (Å²) in [4.78, 5) is 6.71. The maximum absolute atomic E-state index is 12.4. The van der Waals surface area contributed by atoms with Crippen molar-refractivity contribution in [1.29, 1.82) is 0 Å². The first-order valence-electron chi connectivity index (χ1n) is 5.22. The van der Waals surface area contributed by atoms with Crippen molar-refractivity contribution in [3.05, 3.63) is 18.1 Å². The number of anilines is 1. The summed E-state index contributed by atoms with van der Waals surface area (Å²) in [7, 11) is -2.23. The molecule has 0 radical (unpaired) electrons. The topological polar surface area (TPSA) is 84.0 Å². The second-order valence-corrected chi connectivity index (χ2v) is 6.03. The quantitative estimate of drug-likeness (QED) is 0.842. The molecule has 0 saturated carbocycles. The van der Waals surface area contributed by atoms with E-state index in [4.69, 9.17) is 0 Å². The van der Waals surface area contributed by atoms with E-state index < -0.39 is 27.1 Å². The first-order valence-corrected chi connectivity index (χ1v) is 6.77. The van der Waals surface area contributed by atoms with E-state index in [0.717, 1.165) is 6.20 Å². The molecule has 1 atom stereocenters. The summed E-state index contributed by atoms with van der Waals surface area (Å²) in [5, 5.41) is 1.68. The molecule has 0 fully saturated rings. The molecule has 0 saturated heterocycles. The predicted molar refractivity (Wildman–Crippen MR) is 63.0 cm³/mol. The Labute approximate surface area is 108 Å². The molecule has 19 heavy (non-hydrogen) atoms. The van der Waals surface area contributed by atoms with Gasteiger partial charge < -0.3 is 5.32 Å². The average molecular weight is 298 g/mol. The van der Waals surface area contributed by atoms with Crippen molar-refractivity contribution in [1.82, 2.24) is 14.7 Å². The number of alkyl halides is 3. The van der Waals surface area contributed by atoms with Crippen LogP contribution in [-0.2, 0) is 16.2 Å². The number of halogens is 3. The van der Waals surface area contributed by atoms with Crippen LogP contribution in [0, 0.1) is 0 Å². The zero-order chi connectivity index (χ0) is 14.7. The zero-order valence-electron chi connectivity index (χ0n) is 10.2. The van der Waals surface area contributed by atoms with Crippen LogP contribution < -0.4 is 10.0 Å². The van der Waals surface area contributed by atoms with Gasteiger partial charge in [-0.3, -0.25) is 4.98 Å². The monoisotopic (exact) mass is 298 g/mol. The fourth-order valence-electron chi connectivity index (χ4n) is 1.15. The fraction of sp³-hybridized carbons (Fsp3) is 0.556. The van der Waals surface area contributed by atoms with Gasteiger partial charge in [-0.1, -0.05) is 0 Å². The summed E-state index contributed by atoms with van der Waals surface area (Å²) in [5.74, 6) is -0.132. The molecule has 1 heterocycles. The maximum atomic E-state index is 12.4. The molecule has 0 unspecified atom stereocenters. The first kappa shape index (κ1) is 15.6. The van der Waals surface area contributed by atoms with Crippen molar-refractivity contribution in [3.8, 4) is 0 Å². The Morgan fingerprint density at radius 1 is 1.37 bits per heavy atom. The SMILES string of the molecule is CNS(=O)(=O)[C@H](C)CNc1cncc(C(F)(F)F)n1. The molecule has 0 aliphatic heterocycles. The van der Waals surface area contributed by atoms with E-state index in [1.165, 1.54) is 14.0 Å². The van der Waals surface area contributed by atoms with Crippen LogP contribution in [0.2, 0.25) is 0 Å². The standard InChI is InChI=1S/C9H13F3N4O2S/c1-6(19(17,18)13-2)3-15-8-5-14-4-7(16-8)9(10,11)12/h4-6,13H,3H2,1-2H3,(H,15,16)/t6-/m1/s1. The van der Waals surface area contributed by atoms with Crippen LogP contribution in [0.3, 0.4) is 0 Å². The van der Waals surface area contributed by atoms with Crippen molar-refractivity contribution in [3.63, 3.8) is 0 Å². The number of aromatic nitrogens is 2. The highest BCUT2D eigenvalue weighted by Crippen LogP contribution is 2.27. The highest BCUT2D eigenvalue weighted by Gasteiger charge is 2.33. The Kier molecular flexibility index (Phi) is 4.69. The molecule has 1 aromatic rings. The lowest BCUT2D eigenvalue weighted by molar-refractivity contribution is -0.141. The summed E-state index contributed by atoms with van der Waals surface area (Å²) in [6.07, 6.45) is -2.90. The molecular weight excluding hydrogens is 285 g/mol. The summed E-state index contributed by atoms with van der Waals surface area (Å²) in [6, 6.07) is 0. The van der Waals surface area contributed by atoms with Crippen molar-refractivity contribution in [2.45, 2.75) is 18.3 Å². The van der Waals surface area contributed by atoms with Gasteiger partial charge in [0.25, 0.3) is 0 Å². The predicted octanol–water partition coefficient (Wildman–Crippen LogP) is 0.845. The molecule has 108 valence electrons. The molecule has 0 aliphatic carbocycles. The summed E-state index contributed by atoms with van der Waals surface area (Å²) in [6.45, 7) is 1.33. The normalized spacial score (nSPS) is 14.2. The van der Waals surface area contributed by atoms with Gasteiger partial charge in [0, 0.05) is 6.54 Å². The second kappa shape index (κ2) is 5.70. The van der Waals surface area contributed by atoms with Crippen LogP contribution in [-0.4, -0.2) is 37.2 Å². The average Bonchev–Trinajstić information content (AvgIpc) is 2.35. The molecule has 0 aromatic carbocycles. The van der Waals surface area contributed by atoms with Gasteiger partial charge in [0.05, 0.1) is 17.6 Å². The van der Waals surface area contributed by atoms with Crippen LogP contribution in [0.25, 0.3) is 0 Å². The van der Waals surface area contributed by atoms with E-state index in [1.54, 1.807) is 0 Å². The highest BCUT2D eigenvalue weighted by atomic mass is 32.2. The molecule has 0 bridgehead atoms. The van der Waals surface area contributed by atoms with Crippen molar-refractivity contribution in [2.24, 2.45) is 0 Å². The smallest absolute Gasteiger partial charge is 0.367 e. The third-order valence-corrected chi connectivity index (χ3v) is 4.10. The van der Waals surface area contributed by atoms with E-state index in [9.17, 15) is 21.6 Å². The summed E-state index contributed by atoms with van der Waals surface area (Å²) < 4.78 is 62.0. The van der Waals surface area contributed by atoms with Gasteiger partial charge in [0.15, 0.2) is 5.69 Å². The lowest BCUT2D eigenvalue weighted by Gasteiger charge is -2.13. The van der Waals surface area contributed by atoms with E-state index in [0.29, 0.717) is 6.20 Å². The summed E-state index contributed by atoms with van der Waals surface area (Å²) >= 11 is 0. The zero-order valence-corrected chi connectivity index (χ0v) is 11.0. The number of hydrogen-bond acceptors (Lipinski definition) is 5. The second-order valence-electron chi connectivity index (χ2n) is 3.73. The minimum atomic E-state index is -4.59. The molecule has 0 amide bonds. The Morgan fingerprint density at radius 2 is 2.00 bits per heavy atom. The van der Waals surface area contributed by atoms with E-state index in [2.05, 4.69) is 20.0 Å². The van der Waals surface area contributed by atoms with Gasteiger partial charge in [-0.2, -0.15) is 13.2 Å². The van der Waals surface area contributed by atoms with E-state index in [-0.39, 0.29) is 12.4 Å². The summed E-state index contributed by atoms with van der Waals surface area (Å²) in [5.41, 5.74) is -1.14. The van der Waals surface area contributed by atoms with Crippen LogP contribution in [0.15, 0.2) is 12.4 Å². The number of hydrogen-bond donors (Lipinski definition) is 2. The van der Waals surface area contributed by atoms with Crippen LogP contribution >= 0.6 is 0 Å². The highest BCUT2D eigenvalue weighted by molar-refractivity contribution is 7.90. The van der Waals surface area contributed by atoms with Crippen molar-refractivity contribution < 1.29 is 21.6 Å². The maximum Gasteiger partial charge on any atom is 0.434 e. The molecule has 0 spiro atoms. The fourth-order valence-corrected chi connectivity index (χ4v) is 1.85. The lowest BCUT2D eigenvalue weighted by atomic mass is 10.4. The van der Waals surface area contributed by atoms with Gasteiger partial charge in [-0.05, 0) is 14.0 Å². The van der Waals surface area contributed by atoms with Gasteiger partial charge in [0.1, 0.15) is 5.82 Å². The van der Waals surface area contributed by atoms with Crippen LogP contribution in [0.1, 0.15) is 12.6 Å². The molecule has 1 aromatic heterocycles. The van der Waals surface area contributed by atoms with Gasteiger partial charge in [-0.15, -0.1) is 0 Å².